The fourth-order valence-corrected chi connectivity index (χ4v) is 1.43. The van der Waals surface area contributed by atoms with Gasteiger partial charge in [0.25, 0.3) is 0 Å². The Labute approximate surface area is 59.1 Å². The highest BCUT2D eigenvalue weighted by atomic mass is 35.5. The van der Waals surface area contributed by atoms with Gasteiger partial charge in [-0.15, -0.1) is 0 Å². The van der Waals surface area contributed by atoms with E-state index in [0.717, 1.165) is 4.96 Å². The molecule has 6 heteroatoms. The summed E-state index contributed by atoms with van der Waals surface area (Å²) in [6.45, 7) is 0. The van der Waals surface area contributed by atoms with Gasteiger partial charge in [0.2, 0.25) is 4.96 Å². The average molecular weight is 161 g/mol. The molecule has 46 valence electrons. The van der Waals surface area contributed by atoms with E-state index in [0.29, 0.717) is 4.34 Å². The maximum Gasteiger partial charge on any atom is 0.235 e. The molecule has 0 fully saturated rings. The first-order valence-corrected chi connectivity index (χ1v) is 3.39. The second kappa shape index (κ2) is 1.65. The van der Waals surface area contributed by atoms with Gasteiger partial charge >= 0.3 is 0 Å². The molecule has 0 spiro atoms. The molecule has 0 aliphatic rings. The van der Waals surface area contributed by atoms with Crippen molar-refractivity contribution in [2.75, 3.05) is 0 Å². The van der Waals surface area contributed by atoms with Crippen molar-refractivity contribution in [3.05, 3.63) is 10.5 Å². The van der Waals surface area contributed by atoms with Crippen molar-refractivity contribution < 1.29 is 0 Å². The number of hydrogen-bond donors (Lipinski definition) is 0. The summed E-state index contributed by atoms with van der Waals surface area (Å²) in [7, 11) is 0. The van der Waals surface area contributed by atoms with Gasteiger partial charge in [0.15, 0.2) is 0 Å². The van der Waals surface area contributed by atoms with E-state index in [1.165, 1.54) is 15.9 Å². The van der Waals surface area contributed by atoms with Crippen molar-refractivity contribution in [1.82, 2.24) is 20.0 Å². The Balaban J connectivity index is 2.92. The van der Waals surface area contributed by atoms with Gasteiger partial charge in [0, 0.05) is 0 Å². The van der Waals surface area contributed by atoms with Gasteiger partial charge < -0.3 is 0 Å². The third-order valence-electron chi connectivity index (χ3n) is 0.875. The summed E-state index contributed by atoms with van der Waals surface area (Å²) >= 11 is 6.97. The van der Waals surface area contributed by atoms with E-state index in [9.17, 15) is 0 Å². The summed E-state index contributed by atoms with van der Waals surface area (Å²) in [6.07, 6.45) is 1.67. The van der Waals surface area contributed by atoms with Crippen LogP contribution in [0.5, 0.6) is 0 Å². The Morgan fingerprint density at radius 3 is 3.33 bits per heavy atom. The molecule has 2 aromatic rings. The minimum absolute atomic E-state index is 0.674. The van der Waals surface area contributed by atoms with Gasteiger partial charge in [0.05, 0.1) is 6.20 Å². The fourth-order valence-electron chi connectivity index (χ4n) is 0.543. The maximum atomic E-state index is 5.61. The first-order chi connectivity index (χ1) is 4.36. The van der Waals surface area contributed by atoms with Crippen LogP contribution in [0.3, 0.4) is 0 Å². The molecular formula is C3HClN4S. The molecule has 0 amide bonds. The third kappa shape index (κ3) is 0.691. The topological polar surface area (TPSA) is 43.1 Å². The van der Waals surface area contributed by atoms with E-state index < -0.39 is 0 Å². The predicted octanol–water partition coefficient (Wildman–Crippen LogP) is 0.839. The number of nitrogens with zero attached hydrogens (tertiary/aromatic N) is 4. The van der Waals surface area contributed by atoms with Gasteiger partial charge in [-0.2, -0.15) is 4.52 Å². The van der Waals surface area contributed by atoms with Crippen molar-refractivity contribution in [1.29, 1.82) is 0 Å². The summed E-state index contributed by atoms with van der Waals surface area (Å²) in [5.41, 5.74) is 0. The van der Waals surface area contributed by atoms with Crippen LogP contribution >= 0.6 is 22.9 Å². The highest BCUT2D eigenvalue weighted by Crippen LogP contribution is 2.18. The lowest BCUT2D eigenvalue weighted by atomic mass is 11.0. The molecule has 0 unspecified atom stereocenters. The molecule has 0 saturated heterocycles. The number of tetrazole rings is 1. The van der Waals surface area contributed by atoms with Crippen LogP contribution in [0.25, 0.3) is 4.96 Å². The zero-order valence-corrected chi connectivity index (χ0v) is 5.72. The summed E-state index contributed by atoms with van der Waals surface area (Å²) in [6, 6.07) is 0. The first-order valence-electron chi connectivity index (χ1n) is 2.19. The van der Waals surface area contributed by atoms with E-state index in [1.807, 2.05) is 0 Å². The van der Waals surface area contributed by atoms with Gasteiger partial charge in [0.1, 0.15) is 4.34 Å². The number of halogens is 1. The largest absolute Gasteiger partial charge is 0.235 e. The third-order valence-corrected chi connectivity index (χ3v) is 1.96. The zero-order valence-electron chi connectivity index (χ0n) is 4.15. The lowest BCUT2D eigenvalue weighted by Crippen LogP contribution is -1.77. The second-order valence-corrected chi connectivity index (χ2v) is 3.08. The van der Waals surface area contributed by atoms with Gasteiger partial charge in [-0.3, -0.25) is 0 Å². The standard InChI is InChI=1S/C3HClN4S/c4-2-1-8-3(9-2)5-6-7-8/h1H. The van der Waals surface area contributed by atoms with Crippen LogP contribution in [0, 0.1) is 0 Å². The van der Waals surface area contributed by atoms with Crippen molar-refractivity contribution in [2.24, 2.45) is 0 Å². The number of fused-ring (bicyclic) bond motifs is 1. The van der Waals surface area contributed by atoms with Crippen LogP contribution in [-0.2, 0) is 0 Å². The number of aromatic nitrogens is 4. The van der Waals surface area contributed by atoms with Crippen molar-refractivity contribution in [2.45, 2.75) is 0 Å². The Kier molecular flexibility index (Phi) is 0.940. The summed E-state index contributed by atoms with van der Waals surface area (Å²) in [4.78, 5) is 0.722. The normalized spacial score (nSPS) is 10.8. The smallest absolute Gasteiger partial charge is 0.189 e. The van der Waals surface area contributed by atoms with E-state index in [2.05, 4.69) is 15.5 Å². The summed E-state index contributed by atoms with van der Waals surface area (Å²) in [5.74, 6) is 0. The van der Waals surface area contributed by atoms with Crippen LogP contribution in [0.1, 0.15) is 0 Å². The van der Waals surface area contributed by atoms with Crippen molar-refractivity contribution >= 4 is 27.9 Å². The maximum absolute atomic E-state index is 5.61. The van der Waals surface area contributed by atoms with Crippen molar-refractivity contribution in [3.63, 3.8) is 0 Å². The second-order valence-electron chi connectivity index (χ2n) is 1.44. The first kappa shape index (κ1) is 5.13. The van der Waals surface area contributed by atoms with Gasteiger partial charge in [-0.25, -0.2) is 0 Å². The van der Waals surface area contributed by atoms with Crippen LogP contribution in [0.2, 0.25) is 4.34 Å². The molecular weight excluding hydrogens is 160 g/mol. The van der Waals surface area contributed by atoms with E-state index in [4.69, 9.17) is 11.6 Å². The molecule has 0 saturated carbocycles. The van der Waals surface area contributed by atoms with Crippen LogP contribution < -0.4 is 0 Å². The van der Waals surface area contributed by atoms with E-state index in [1.54, 1.807) is 6.20 Å². The molecule has 0 aliphatic heterocycles. The summed E-state index contributed by atoms with van der Waals surface area (Å²) in [5, 5.41) is 10.7. The van der Waals surface area contributed by atoms with Gasteiger partial charge in [-0.05, 0) is 10.4 Å². The summed E-state index contributed by atoms with van der Waals surface area (Å²) < 4.78 is 2.21. The lowest BCUT2D eigenvalue weighted by molar-refractivity contribution is 0.826. The SMILES string of the molecule is Clc1cn2nnnc2s1. The number of thiazole rings is 1. The van der Waals surface area contributed by atoms with Crippen molar-refractivity contribution in [3.8, 4) is 0 Å². The highest BCUT2D eigenvalue weighted by Gasteiger charge is 1.99. The van der Waals surface area contributed by atoms with Crippen LogP contribution in [0.15, 0.2) is 6.20 Å². The molecule has 9 heavy (non-hydrogen) atoms. The minimum atomic E-state index is 0.674. The Morgan fingerprint density at radius 2 is 2.56 bits per heavy atom. The number of hydrogen-bond acceptors (Lipinski definition) is 4. The monoisotopic (exact) mass is 160 g/mol. The Bertz CT molecular complexity index is 297. The fraction of sp³-hybridized carbons (Fsp3) is 0. The predicted molar refractivity (Wildman–Crippen MR) is 33.7 cm³/mol. The van der Waals surface area contributed by atoms with Crippen LogP contribution in [-0.4, -0.2) is 20.0 Å². The Morgan fingerprint density at radius 1 is 1.67 bits per heavy atom. The van der Waals surface area contributed by atoms with Crippen LogP contribution in [0.4, 0.5) is 0 Å². The molecule has 2 aromatic heterocycles. The molecule has 2 heterocycles. The van der Waals surface area contributed by atoms with Gasteiger partial charge in [-0.1, -0.05) is 28.0 Å². The molecule has 0 N–H and O–H groups in total. The molecule has 0 atom stereocenters. The van der Waals surface area contributed by atoms with E-state index in [-0.39, 0.29) is 0 Å². The molecule has 0 aliphatic carbocycles. The van der Waals surface area contributed by atoms with E-state index >= 15 is 0 Å². The quantitative estimate of drug-likeness (QED) is 0.574. The minimum Gasteiger partial charge on any atom is -0.189 e. The lowest BCUT2D eigenvalue weighted by Gasteiger charge is -1.67. The molecule has 2 rings (SSSR count). The highest BCUT2D eigenvalue weighted by molar-refractivity contribution is 7.20. The molecule has 0 aromatic carbocycles. The molecule has 4 nitrogen and oxygen atoms in total. The Hall–Kier alpha value is -0.680. The average Bonchev–Trinajstić information content (AvgIpc) is 2.22. The molecule has 0 radical (unpaired) electrons. The molecule has 0 bridgehead atoms. The zero-order chi connectivity index (χ0) is 6.27. The number of rotatable bonds is 0.